The van der Waals surface area contributed by atoms with Gasteiger partial charge in [0.15, 0.2) is 5.75 Å². The third-order valence-corrected chi connectivity index (χ3v) is 3.53. The summed E-state index contributed by atoms with van der Waals surface area (Å²) in [4.78, 5) is 0. The van der Waals surface area contributed by atoms with Crippen LogP contribution in [-0.2, 0) is 10.8 Å². The van der Waals surface area contributed by atoms with Crippen molar-refractivity contribution in [3.63, 3.8) is 0 Å². The minimum absolute atomic E-state index is 0.190. The summed E-state index contributed by atoms with van der Waals surface area (Å²) < 4.78 is 1.89. The zero-order valence-electron chi connectivity index (χ0n) is 14.2. The fourth-order valence-electron chi connectivity index (χ4n) is 2.53. The first-order valence-corrected chi connectivity index (χ1v) is 7.42. The van der Waals surface area contributed by atoms with Crippen molar-refractivity contribution in [3.05, 3.63) is 41.2 Å². The molecule has 3 nitrogen and oxygen atoms in total. The summed E-state index contributed by atoms with van der Waals surface area (Å²) in [6.45, 7) is 14.6. The molecule has 0 radical (unpaired) electrons. The van der Waals surface area contributed by atoms with Gasteiger partial charge in [0.25, 0.3) is 0 Å². The first-order valence-electron chi connectivity index (χ1n) is 7.42. The van der Waals surface area contributed by atoms with E-state index >= 15 is 0 Å². The molecule has 21 heavy (non-hydrogen) atoms. The normalized spacial score (nSPS) is 12.7. The number of benzene rings is 1. The molecule has 0 atom stereocenters. The molecule has 1 N–H and O–H groups in total. The lowest BCUT2D eigenvalue weighted by molar-refractivity contribution is 0.422. The molecule has 2 aromatic rings. The van der Waals surface area contributed by atoms with Gasteiger partial charge in [0.1, 0.15) is 5.69 Å². The van der Waals surface area contributed by atoms with Crippen LogP contribution in [0.25, 0.3) is 5.69 Å². The van der Waals surface area contributed by atoms with Gasteiger partial charge < -0.3 is 5.11 Å². The predicted molar refractivity (Wildman–Crippen MR) is 87.4 cm³/mol. The van der Waals surface area contributed by atoms with Crippen molar-refractivity contribution >= 4 is 0 Å². The molecule has 0 aliphatic rings. The summed E-state index contributed by atoms with van der Waals surface area (Å²) in [6, 6.07) is 8.20. The highest BCUT2D eigenvalue weighted by Crippen LogP contribution is 2.39. The third-order valence-electron chi connectivity index (χ3n) is 3.53. The van der Waals surface area contributed by atoms with Gasteiger partial charge in [-0.1, -0.05) is 53.7 Å². The van der Waals surface area contributed by atoms with Crippen molar-refractivity contribution in [3.8, 4) is 11.4 Å². The molecular formula is C18H26N2O. The molecule has 0 fully saturated rings. The van der Waals surface area contributed by atoms with Crippen molar-refractivity contribution in [2.75, 3.05) is 0 Å². The molecule has 0 amide bonds. The van der Waals surface area contributed by atoms with E-state index in [1.165, 1.54) is 5.56 Å². The Hall–Kier alpha value is -1.77. The number of nitrogens with zero attached hydrogens (tertiary/aromatic N) is 2. The number of aromatic hydroxyl groups is 1. The molecule has 0 saturated heterocycles. The minimum Gasteiger partial charge on any atom is -0.504 e. The second kappa shape index (κ2) is 4.90. The highest BCUT2D eigenvalue weighted by atomic mass is 16.3. The van der Waals surface area contributed by atoms with E-state index in [-0.39, 0.29) is 10.8 Å². The van der Waals surface area contributed by atoms with Gasteiger partial charge >= 0.3 is 0 Å². The standard InChI is InChI=1S/C18H26N2O/c1-12-9-8-10-13(11-12)20-16(18(5,6)7)14(21)15(19-20)17(2,3)4/h8-11,21H,1-7H3. The van der Waals surface area contributed by atoms with Crippen LogP contribution in [0.3, 0.4) is 0 Å². The fraction of sp³-hybridized carbons (Fsp3) is 0.500. The van der Waals surface area contributed by atoms with E-state index < -0.39 is 0 Å². The van der Waals surface area contributed by atoms with Crippen molar-refractivity contribution in [2.45, 2.75) is 59.3 Å². The van der Waals surface area contributed by atoms with Gasteiger partial charge in [-0.3, -0.25) is 0 Å². The maximum Gasteiger partial charge on any atom is 0.161 e. The average Bonchev–Trinajstić information content (AvgIpc) is 2.66. The van der Waals surface area contributed by atoms with E-state index in [9.17, 15) is 5.11 Å². The van der Waals surface area contributed by atoms with Crippen molar-refractivity contribution < 1.29 is 5.11 Å². The lowest BCUT2D eigenvalue weighted by Crippen LogP contribution is -2.17. The summed E-state index contributed by atoms with van der Waals surface area (Å²) in [7, 11) is 0. The van der Waals surface area contributed by atoms with Crippen LogP contribution >= 0.6 is 0 Å². The van der Waals surface area contributed by atoms with Crippen LogP contribution in [0, 0.1) is 6.92 Å². The lowest BCUT2D eigenvalue weighted by atomic mass is 9.86. The van der Waals surface area contributed by atoms with Gasteiger partial charge in [0.05, 0.1) is 11.4 Å². The van der Waals surface area contributed by atoms with Gasteiger partial charge in [-0.25, -0.2) is 4.68 Å². The molecule has 0 aliphatic heterocycles. The van der Waals surface area contributed by atoms with Crippen LogP contribution in [0.15, 0.2) is 24.3 Å². The Kier molecular flexibility index (Phi) is 3.64. The van der Waals surface area contributed by atoms with Gasteiger partial charge in [-0.05, 0) is 24.6 Å². The average molecular weight is 286 g/mol. The number of rotatable bonds is 1. The Morgan fingerprint density at radius 3 is 2.10 bits per heavy atom. The Morgan fingerprint density at radius 1 is 1.00 bits per heavy atom. The molecule has 0 aliphatic carbocycles. The van der Waals surface area contributed by atoms with E-state index in [2.05, 4.69) is 60.6 Å². The number of hydrogen-bond donors (Lipinski definition) is 1. The third kappa shape index (κ3) is 2.97. The largest absolute Gasteiger partial charge is 0.504 e. The summed E-state index contributed by atoms with van der Waals surface area (Å²) in [5.74, 6) is 0.316. The number of hydrogen-bond acceptors (Lipinski definition) is 2. The van der Waals surface area contributed by atoms with Gasteiger partial charge in [0.2, 0.25) is 0 Å². The van der Waals surface area contributed by atoms with Gasteiger partial charge in [0, 0.05) is 10.8 Å². The molecule has 1 heterocycles. The summed E-state index contributed by atoms with van der Waals surface area (Å²) >= 11 is 0. The first-order chi connectivity index (χ1) is 9.51. The fourth-order valence-corrected chi connectivity index (χ4v) is 2.53. The number of aromatic nitrogens is 2. The Labute approximate surface area is 127 Å². The van der Waals surface area contributed by atoms with Crippen molar-refractivity contribution in [1.29, 1.82) is 0 Å². The van der Waals surface area contributed by atoms with E-state index in [0.29, 0.717) is 5.75 Å². The second-order valence-electron chi connectivity index (χ2n) is 7.80. The molecule has 114 valence electrons. The SMILES string of the molecule is Cc1cccc(-n2nc(C(C)(C)C)c(O)c2C(C)(C)C)c1. The molecular weight excluding hydrogens is 260 g/mol. The lowest BCUT2D eigenvalue weighted by Gasteiger charge is -2.21. The second-order valence-corrected chi connectivity index (χ2v) is 7.80. The van der Waals surface area contributed by atoms with Gasteiger partial charge in [-0.15, -0.1) is 0 Å². The van der Waals surface area contributed by atoms with Crippen molar-refractivity contribution in [1.82, 2.24) is 9.78 Å². The van der Waals surface area contributed by atoms with E-state index in [0.717, 1.165) is 17.1 Å². The van der Waals surface area contributed by atoms with E-state index in [1.54, 1.807) is 0 Å². The van der Waals surface area contributed by atoms with Crippen LogP contribution in [0.4, 0.5) is 0 Å². The van der Waals surface area contributed by atoms with Crippen LogP contribution in [-0.4, -0.2) is 14.9 Å². The maximum atomic E-state index is 10.7. The van der Waals surface area contributed by atoms with Gasteiger partial charge in [-0.2, -0.15) is 5.10 Å². The highest BCUT2D eigenvalue weighted by molar-refractivity contribution is 5.46. The predicted octanol–water partition coefficient (Wildman–Crippen LogP) is 4.48. The maximum absolute atomic E-state index is 10.7. The molecule has 2 rings (SSSR count). The molecule has 1 aromatic heterocycles. The molecule has 3 heteroatoms. The topological polar surface area (TPSA) is 38.0 Å². The molecule has 1 aromatic carbocycles. The van der Waals surface area contributed by atoms with Crippen molar-refractivity contribution in [2.24, 2.45) is 0 Å². The van der Waals surface area contributed by atoms with Crippen LogP contribution in [0.2, 0.25) is 0 Å². The first kappa shape index (κ1) is 15.6. The number of aryl methyl sites for hydroxylation is 1. The highest BCUT2D eigenvalue weighted by Gasteiger charge is 2.32. The molecule has 0 unspecified atom stereocenters. The monoisotopic (exact) mass is 286 g/mol. The molecule has 0 saturated carbocycles. The Balaban J connectivity index is 2.76. The van der Waals surface area contributed by atoms with E-state index in [4.69, 9.17) is 5.10 Å². The van der Waals surface area contributed by atoms with Crippen LogP contribution in [0.1, 0.15) is 58.5 Å². The Bertz CT molecular complexity index is 655. The minimum atomic E-state index is -0.195. The molecule has 0 spiro atoms. The zero-order chi connectivity index (χ0) is 16.0. The summed E-state index contributed by atoms with van der Waals surface area (Å²) in [6.07, 6.45) is 0. The summed E-state index contributed by atoms with van der Waals surface area (Å²) in [5, 5.41) is 15.5. The van der Waals surface area contributed by atoms with Crippen LogP contribution in [0.5, 0.6) is 5.75 Å². The van der Waals surface area contributed by atoms with Crippen LogP contribution < -0.4 is 0 Å². The van der Waals surface area contributed by atoms with E-state index in [1.807, 2.05) is 16.8 Å². The smallest absolute Gasteiger partial charge is 0.161 e. The Morgan fingerprint density at radius 2 is 1.62 bits per heavy atom. The molecule has 0 bridgehead atoms. The quantitative estimate of drug-likeness (QED) is 0.839. The zero-order valence-corrected chi connectivity index (χ0v) is 14.2. The summed E-state index contributed by atoms with van der Waals surface area (Å²) in [5.41, 5.74) is 3.39.